The summed E-state index contributed by atoms with van der Waals surface area (Å²) in [6.07, 6.45) is 1.21. The Bertz CT molecular complexity index is 983. The molecule has 3 saturated heterocycles. The van der Waals surface area contributed by atoms with E-state index in [-0.39, 0.29) is 40.6 Å². The number of alkyl halides is 2. The van der Waals surface area contributed by atoms with Gasteiger partial charge in [0.25, 0.3) is 6.43 Å². The first-order valence-electron chi connectivity index (χ1n) is 10.4. The fourth-order valence-corrected chi connectivity index (χ4v) is 4.65. The topological polar surface area (TPSA) is 110 Å². The molecule has 11 heteroatoms. The summed E-state index contributed by atoms with van der Waals surface area (Å²) in [5.41, 5.74) is 5.49. The number of morpholine rings is 1. The molecule has 2 N–H and O–H groups in total. The number of rotatable bonds is 4. The van der Waals surface area contributed by atoms with Gasteiger partial charge in [0.2, 0.25) is 11.9 Å². The van der Waals surface area contributed by atoms with Crippen molar-refractivity contribution in [2.24, 2.45) is 0 Å². The number of fused-ring (bicyclic) bond motifs is 2. The Kier molecular flexibility index (Phi) is 5.12. The fourth-order valence-electron chi connectivity index (χ4n) is 4.65. The van der Waals surface area contributed by atoms with Gasteiger partial charge in [0.05, 0.1) is 13.2 Å². The molecule has 2 aromatic rings. The monoisotopic (exact) mass is 431 g/mol. The van der Waals surface area contributed by atoms with Crippen molar-refractivity contribution in [3.8, 4) is 11.4 Å². The second-order valence-corrected chi connectivity index (χ2v) is 8.09. The summed E-state index contributed by atoms with van der Waals surface area (Å²) in [5.74, 6) is 1.22. The van der Waals surface area contributed by atoms with Gasteiger partial charge in [-0.15, -0.1) is 0 Å². The molecule has 9 nitrogen and oxygen atoms in total. The largest absolute Gasteiger partial charge is 0.384 e. The summed E-state index contributed by atoms with van der Waals surface area (Å²) in [6.45, 7) is 2.25. The number of hydrogen-bond acceptors (Lipinski definition) is 9. The quantitative estimate of drug-likeness (QED) is 0.777. The lowest BCUT2D eigenvalue weighted by molar-refractivity contribution is -0.120. The third-order valence-corrected chi connectivity index (χ3v) is 6.12. The minimum atomic E-state index is -2.75. The van der Waals surface area contributed by atoms with Crippen molar-refractivity contribution < 1.29 is 18.3 Å². The lowest BCUT2D eigenvalue weighted by Crippen LogP contribution is -2.45. The molecule has 0 spiro atoms. The third-order valence-electron chi connectivity index (χ3n) is 6.12. The van der Waals surface area contributed by atoms with Crippen LogP contribution < -0.4 is 15.5 Å². The number of nitrogens with two attached hydrogens (primary N) is 1. The van der Waals surface area contributed by atoms with Gasteiger partial charge in [0, 0.05) is 55.3 Å². The van der Waals surface area contributed by atoms with Crippen LogP contribution in [0, 0.1) is 0 Å². The molecule has 2 atom stereocenters. The standard InChI is InChI=1S/C20H23F2N7O2/c21-17(22)14-9-16(23)24-10-15(14)18-25-19(28-3-5-31-6-4-28)27-20(26-18)29-11-1-2-12(29)8-13(30)7-11/h9-12,17H,1-8H2,(H2,23,24). The molecule has 31 heavy (non-hydrogen) atoms. The van der Waals surface area contributed by atoms with E-state index in [9.17, 15) is 13.6 Å². The van der Waals surface area contributed by atoms with Crippen LogP contribution in [-0.4, -0.2) is 64.1 Å². The number of hydrogen-bond donors (Lipinski definition) is 1. The van der Waals surface area contributed by atoms with E-state index in [2.05, 4.69) is 19.9 Å². The first-order valence-corrected chi connectivity index (χ1v) is 10.4. The molecule has 3 aliphatic rings. The lowest BCUT2D eigenvalue weighted by atomic mass is 10.0. The maximum atomic E-state index is 13.8. The van der Waals surface area contributed by atoms with Crippen LogP contribution in [0.3, 0.4) is 0 Å². The van der Waals surface area contributed by atoms with Crippen LogP contribution >= 0.6 is 0 Å². The molecule has 5 rings (SSSR count). The zero-order valence-electron chi connectivity index (χ0n) is 16.9. The molecule has 0 aromatic carbocycles. The second kappa shape index (κ2) is 7.95. The van der Waals surface area contributed by atoms with E-state index in [0.29, 0.717) is 51.0 Å². The molecule has 164 valence electrons. The van der Waals surface area contributed by atoms with E-state index in [0.717, 1.165) is 18.9 Å². The number of nitrogens with zero attached hydrogens (tertiary/aromatic N) is 6. The number of Topliss-reactive ketones (excluding diaryl/α,β-unsaturated/α-hetero) is 1. The average Bonchev–Trinajstić information content (AvgIpc) is 3.05. The smallest absolute Gasteiger partial charge is 0.264 e. The number of halogens is 2. The Hall–Kier alpha value is -2.95. The Morgan fingerprint density at radius 1 is 1.06 bits per heavy atom. The summed E-state index contributed by atoms with van der Waals surface area (Å²) in [4.78, 5) is 33.9. The highest BCUT2D eigenvalue weighted by atomic mass is 19.3. The van der Waals surface area contributed by atoms with Crippen molar-refractivity contribution in [2.45, 2.75) is 44.2 Å². The van der Waals surface area contributed by atoms with E-state index in [1.54, 1.807) is 0 Å². The highest BCUT2D eigenvalue weighted by molar-refractivity contribution is 5.83. The van der Waals surface area contributed by atoms with Crippen molar-refractivity contribution in [2.75, 3.05) is 41.8 Å². The number of pyridine rings is 1. The van der Waals surface area contributed by atoms with Gasteiger partial charge >= 0.3 is 0 Å². The Morgan fingerprint density at radius 2 is 1.74 bits per heavy atom. The summed E-state index contributed by atoms with van der Waals surface area (Å²) in [7, 11) is 0. The van der Waals surface area contributed by atoms with Gasteiger partial charge in [0.1, 0.15) is 11.6 Å². The molecule has 0 radical (unpaired) electrons. The van der Waals surface area contributed by atoms with E-state index in [4.69, 9.17) is 15.5 Å². The molecule has 2 aromatic heterocycles. The normalized spacial score (nSPS) is 23.6. The van der Waals surface area contributed by atoms with E-state index in [1.165, 1.54) is 6.20 Å². The SMILES string of the molecule is Nc1cc(C(F)F)c(-c2nc(N3CCOCC3)nc(N3C4CCC3CC(=O)C4)n2)cn1. The predicted molar refractivity (Wildman–Crippen MR) is 109 cm³/mol. The minimum Gasteiger partial charge on any atom is -0.384 e. The molecule has 3 fully saturated rings. The van der Waals surface area contributed by atoms with Gasteiger partial charge in [-0.05, 0) is 18.9 Å². The van der Waals surface area contributed by atoms with Crippen LogP contribution in [0.5, 0.6) is 0 Å². The van der Waals surface area contributed by atoms with Crippen molar-refractivity contribution in [3.05, 3.63) is 17.8 Å². The van der Waals surface area contributed by atoms with Crippen molar-refractivity contribution >= 4 is 23.5 Å². The van der Waals surface area contributed by atoms with Gasteiger partial charge in [-0.2, -0.15) is 15.0 Å². The van der Waals surface area contributed by atoms with Crippen LogP contribution in [0.25, 0.3) is 11.4 Å². The Labute approximate surface area is 177 Å². The number of anilines is 3. The lowest BCUT2D eigenvalue weighted by Gasteiger charge is -2.35. The molecule has 5 heterocycles. The van der Waals surface area contributed by atoms with E-state index < -0.39 is 6.43 Å². The number of carbonyl (C=O) groups excluding carboxylic acids is 1. The van der Waals surface area contributed by atoms with Crippen LogP contribution in [0.1, 0.15) is 37.7 Å². The van der Waals surface area contributed by atoms with Gasteiger partial charge < -0.3 is 20.3 Å². The zero-order chi connectivity index (χ0) is 21.5. The highest BCUT2D eigenvalue weighted by Gasteiger charge is 2.42. The van der Waals surface area contributed by atoms with Crippen molar-refractivity contribution in [1.29, 1.82) is 0 Å². The van der Waals surface area contributed by atoms with Crippen LogP contribution in [0.4, 0.5) is 26.5 Å². The van der Waals surface area contributed by atoms with E-state index >= 15 is 0 Å². The Morgan fingerprint density at radius 3 is 2.42 bits per heavy atom. The molecule has 3 aliphatic heterocycles. The molecular formula is C20H23F2N7O2. The average molecular weight is 431 g/mol. The molecular weight excluding hydrogens is 408 g/mol. The third kappa shape index (κ3) is 3.78. The predicted octanol–water partition coefficient (Wildman–Crippen LogP) is 1.99. The molecule has 2 bridgehead atoms. The summed E-state index contributed by atoms with van der Waals surface area (Å²) in [5, 5.41) is 0. The zero-order valence-corrected chi connectivity index (χ0v) is 16.9. The number of ether oxygens (including phenoxy) is 1. The van der Waals surface area contributed by atoms with Gasteiger partial charge in [-0.1, -0.05) is 0 Å². The first kappa shape index (κ1) is 20.0. The first-order chi connectivity index (χ1) is 15.0. The molecule has 0 amide bonds. The number of carbonyl (C=O) groups is 1. The minimum absolute atomic E-state index is 0.00863. The fraction of sp³-hybridized carbons (Fsp3) is 0.550. The summed E-state index contributed by atoms with van der Waals surface area (Å²) < 4.78 is 32.9. The van der Waals surface area contributed by atoms with Crippen LogP contribution in [-0.2, 0) is 9.53 Å². The molecule has 0 aliphatic carbocycles. The highest BCUT2D eigenvalue weighted by Crippen LogP contribution is 2.38. The molecule has 2 unspecified atom stereocenters. The molecule has 0 saturated carbocycles. The maximum absolute atomic E-state index is 13.8. The Balaban J connectivity index is 1.62. The number of piperidine rings is 1. The van der Waals surface area contributed by atoms with Crippen molar-refractivity contribution in [1.82, 2.24) is 19.9 Å². The van der Waals surface area contributed by atoms with Gasteiger partial charge in [0.15, 0.2) is 5.82 Å². The number of nitrogen functional groups attached to an aromatic ring is 1. The van der Waals surface area contributed by atoms with Crippen LogP contribution in [0.15, 0.2) is 12.3 Å². The van der Waals surface area contributed by atoms with Gasteiger partial charge in [-0.3, -0.25) is 4.79 Å². The van der Waals surface area contributed by atoms with Crippen LogP contribution in [0.2, 0.25) is 0 Å². The maximum Gasteiger partial charge on any atom is 0.264 e. The summed E-state index contributed by atoms with van der Waals surface area (Å²) in [6, 6.07) is 1.21. The van der Waals surface area contributed by atoms with Crippen molar-refractivity contribution in [3.63, 3.8) is 0 Å². The van der Waals surface area contributed by atoms with Gasteiger partial charge in [-0.25, -0.2) is 13.8 Å². The number of ketones is 1. The second-order valence-electron chi connectivity index (χ2n) is 8.09. The summed E-state index contributed by atoms with van der Waals surface area (Å²) >= 11 is 0. The van der Waals surface area contributed by atoms with E-state index in [1.807, 2.05) is 4.90 Å². The number of aromatic nitrogens is 4.